The van der Waals surface area contributed by atoms with Crippen molar-refractivity contribution >= 4 is 46.3 Å². The van der Waals surface area contributed by atoms with E-state index in [2.05, 4.69) is 10.3 Å². The molecule has 8 nitrogen and oxygen atoms in total. The minimum absolute atomic E-state index is 0.127. The number of Topliss-reactive ketones (excluding diaryl/α,β-unsaturated/α-hetero) is 1. The summed E-state index contributed by atoms with van der Waals surface area (Å²) in [7, 11) is 1.43. The Morgan fingerprint density at radius 2 is 1.91 bits per heavy atom. The molecule has 1 aliphatic rings. The smallest absolute Gasteiger partial charge is 0.300 e. The molecule has 0 spiro atoms. The van der Waals surface area contributed by atoms with Gasteiger partial charge in [-0.3, -0.25) is 24.3 Å². The summed E-state index contributed by atoms with van der Waals surface area (Å²) in [5, 5.41) is 14.2. The number of halogens is 1. The van der Waals surface area contributed by atoms with Crippen molar-refractivity contribution in [2.24, 2.45) is 0 Å². The van der Waals surface area contributed by atoms with Gasteiger partial charge in [-0.2, -0.15) is 0 Å². The Morgan fingerprint density at radius 3 is 2.59 bits per heavy atom. The molecule has 2 N–H and O–H groups in total. The molecule has 1 unspecified atom stereocenters. The number of nitrogens with zero attached hydrogens (tertiary/aromatic N) is 2. The molecule has 34 heavy (non-hydrogen) atoms. The lowest BCUT2D eigenvalue weighted by atomic mass is 9.98. The normalized spacial score (nSPS) is 17.0. The summed E-state index contributed by atoms with van der Waals surface area (Å²) >= 11 is 6.10. The summed E-state index contributed by atoms with van der Waals surface area (Å²) in [6, 6.07) is 15.2. The number of benzene rings is 2. The van der Waals surface area contributed by atoms with E-state index in [-0.39, 0.29) is 22.8 Å². The molecular weight excluding hydrogens is 458 g/mol. The highest BCUT2D eigenvalue weighted by atomic mass is 35.5. The molecular formula is C25H20ClN3O5. The van der Waals surface area contributed by atoms with Crippen LogP contribution in [0.3, 0.4) is 0 Å². The Hall–Kier alpha value is -4.17. The number of aliphatic hydroxyl groups is 1. The topological polar surface area (TPSA) is 109 Å². The van der Waals surface area contributed by atoms with Gasteiger partial charge < -0.3 is 15.2 Å². The SMILES string of the molecule is COc1cc(/C(O)=C2\C(=O)C(=O)N(c3cccc(NC(C)=O)c3)C2c2ccccn2)ccc1Cl. The number of ketones is 1. The van der Waals surface area contributed by atoms with E-state index in [1.54, 1.807) is 42.5 Å². The van der Waals surface area contributed by atoms with Crippen LogP contribution in [0.2, 0.25) is 5.02 Å². The third kappa shape index (κ3) is 4.23. The predicted octanol–water partition coefficient (Wildman–Crippen LogP) is 4.33. The maximum atomic E-state index is 13.2. The van der Waals surface area contributed by atoms with Crippen LogP contribution in [0.1, 0.15) is 24.2 Å². The number of ether oxygens (including phenoxy) is 1. The van der Waals surface area contributed by atoms with Gasteiger partial charge in [-0.25, -0.2) is 0 Å². The molecule has 2 aromatic carbocycles. The molecule has 2 amide bonds. The zero-order valence-electron chi connectivity index (χ0n) is 18.3. The van der Waals surface area contributed by atoms with Crippen molar-refractivity contribution in [3.63, 3.8) is 0 Å². The van der Waals surface area contributed by atoms with E-state index < -0.39 is 17.7 Å². The van der Waals surface area contributed by atoms with E-state index in [9.17, 15) is 19.5 Å². The molecule has 0 radical (unpaired) electrons. The van der Waals surface area contributed by atoms with Crippen LogP contribution >= 0.6 is 11.6 Å². The van der Waals surface area contributed by atoms with E-state index in [1.807, 2.05) is 0 Å². The van der Waals surface area contributed by atoms with Gasteiger partial charge in [0.05, 0.1) is 23.4 Å². The highest BCUT2D eigenvalue weighted by Crippen LogP contribution is 2.42. The molecule has 1 aliphatic heterocycles. The second-order valence-corrected chi connectivity index (χ2v) is 7.91. The Labute approximate surface area is 200 Å². The van der Waals surface area contributed by atoms with Crippen LogP contribution in [0.15, 0.2) is 72.4 Å². The van der Waals surface area contributed by atoms with Gasteiger partial charge in [0.15, 0.2) is 0 Å². The van der Waals surface area contributed by atoms with Gasteiger partial charge in [-0.1, -0.05) is 23.7 Å². The van der Waals surface area contributed by atoms with Gasteiger partial charge in [0.25, 0.3) is 11.7 Å². The molecule has 1 fully saturated rings. The molecule has 0 bridgehead atoms. The maximum Gasteiger partial charge on any atom is 0.300 e. The zero-order valence-corrected chi connectivity index (χ0v) is 19.0. The largest absolute Gasteiger partial charge is 0.507 e. The Kier molecular flexibility index (Phi) is 6.34. The van der Waals surface area contributed by atoms with Gasteiger partial charge >= 0.3 is 0 Å². The lowest BCUT2D eigenvalue weighted by Gasteiger charge is -2.25. The van der Waals surface area contributed by atoms with Crippen molar-refractivity contribution in [3.8, 4) is 5.75 Å². The zero-order chi connectivity index (χ0) is 24.4. The van der Waals surface area contributed by atoms with Crippen LogP contribution in [0.4, 0.5) is 11.4 Å². The fraction of sp³-hybridized carbons (Fsp3) is 0.120. The molecule has 9 heteroatoms. The van der Waals surface area contributed by atoms with Crippen LogP contribution in [0.5, 0.6) is 5.75 Å². The highest BCUT2D eigenvalue weighted by molar-refractivity contribution is 6.51. The van der Waals surface area contributed by atoms with Crippen molar-refractivity contribution < 1.29 is 24.2 Å². The van der Waals surface area contributed by atoms with E-state index in [1.165, 1.54) is 43.3 Å². The predicted molar refractivity (Wildman–Crippen MR) is 128 cm³/mol. The number of anilines is 2. The molecule has 2 heterocycles. The van der Waals surface area contributed by atoms with Crippen LogP contribution in [-0.2, 0) is 14.4 Å². The second kappa shape index (κ2) is 9.36. The number of amides is 2. The fourth-order valence-electron chi connectivity index (χ4n) is 3.82. The first-order valence-corrected chi connectivity index (χ1v) is 10.6. The average Bonchev–Trinajstić information content (AvgIpc) is 3.09. The minimum Gasteiger partial charge on any atom is -0.507 e. The molecule has 0 saturated carbocycles. The van der Waals surface area contributed by atoms with Crippen molar-refractivity contribution in [2.45, 2.75) is 13.0 Å². The van der Waals surface area contributed by atoms with Crippen molar-refractivity contribution in [3.05, 3.63) is 88.7 Å². The van der Waals surface area contributed by atoms with E-state index >= 15 is 0 Å². The molecule has 1 saturated heterocycles. The highest BCUT2D eigenvalue weighted by Gasteiger charge is 2.47. The second-order valence-electron chi connectivity index (χ2n) is 7.50. The summed E-state index contributed by atoms with van der Waals surface area (Å²) in [6.45, 7) is 1.37. The van der Waals surface area contributed by atoms with Gasteiger partial charge in [0.2, 0.25) is 5.91 Å². The lowest BCUT2D eigenvalue weighted by Crippen LogP contribution is -2.30. The fourth-order valence-corrected chi connectivity index (χ4v) is 4.01. The third-order valence-electron chi connectivity index (χ3n) is 5.28. The first-order valence-electron chi connectivity index (χ1n) is 10.2. The number of aliphatic hydroxyl groups excluding tert-OH is 1. The number of hydrogen-bond donors (Lipinski definition) is 2. The summed E-state index contributed by atoms with van der Waals surface area (Å²) in [6.07, 6.45) is 1.54. The maximum absolute atomic E-state index is 13.2. The van der Waals surface area contributed by atoms with Crippen molar-refractivity contribution in [1.82, 2.24) is 4.98 Å². The van der Waals surface area contributed by atoms with E-state index in [4.69, 9.17) is 16.3 Å². The van der Waals surface area contributed by atoms with Crippen LogP contribution in [0, 0.1) is 0 Å². The molecule has 0 aliphatic carbocycles. The number of aromatic nitrogens is 1. The van der Waals surface area contributed by atoms with Crippen LogP contribution in [-0.4, -0.2) is 34.8 Å². The molecule has 4 rings (SSSR count). The van der Waals surface area contributed by atoms with Crippen LogP contribution < -0.4 is 15.0 Å². The summed E-state index contributed by atoms with van der Waals surface area (Å²) < 4.78 is 5.22. The molecule has 1 atom stereocenters. The Bertz CT molecular complexity index is 1320. The van der Waals surface area contributed by atoms with Gasteiger partial charge in [-0.05, 0) is 48.5 Å². The number of nitrogens with one attached hydrogen (secondary N) is 1. The number of pyridine rings is 1. The molecule has 172 valence electrons. The number of rotatable bonds is 5. The van der Waals surface area contributed by atoms with Crippen molar-refractivity contribution in [1.29, 1.82) is 0 Å². The average molecular weight is 478 g/mol. The standard InChI is InChI=1S/C25H20ClN3O5/c1-14(30)28-16-6-5-7-17(13-16)29-22(19-8-3-4-11-27-19)21(24(32)25(29)33)23(31)15-9-10-18(26)20(12-15)34-2/h3-13,22,31H,1-2H3,(H,28,30)/b23-21+. The van der Waals surface area contributed by atoms with Gasteiger partial charge in [0.1, 0.15) is 17.6 Å². The van der Waals surface area contributed by atoms with Crippen LogP contribution in [0.25, 0.3) is 5.76 Å². The molecule has 1 aromatic heterocycles. The monoisotopic (exact) mass is 477 g/mol. The first-order chi connectivity index (χ1) is 16.3. The Balaban J connectivity index is 1.91. The Morgan fingerprint density at radius 1 is 1.12 bits per heavy atom. The summed E-state index contributed by atoms with van der Waals surface area (Å²) in [5.41, 5.74) is 1.32. The lowest BCUT2D eigenvalue weighted by molar-refractivity contribution is -0.132. The van der Waals surface area contributed by atoms with E-state index in [0.29, 0.717) is 27.8 Å². The quantitative estimate of drug-likeness (QED) is 0.321. The number of methoxy groups -OCH3 is 1. The number of carbonyl (C=O) groups is 3. The van der Waals surface area contributed by atoms with Crippen molar-refractivity contribution in [2.75, 3.05) is 17.3 Å². The molecule has 3 aromatic rings. The number of hydrogen-bond acceptors (Lipinski definition) is 6. The van der Waals surface area contributed by atoms with E-state index in [0.717, 1.165) is 0 Å². The summed E-state index contributed by atoms with van der Waals surface area (Å²) in [5.74, 6) is -2.07. The minimum atomic E-state index is -1.00. The van der Waals surface area contributed by atoms with Gasteiger partial charge in [-0.15, -0.1) is 0 Å². The number of carbonyl (C=O) groups excluding carboxylic acids is 3. The summed E-state index contributed by atoms with van der Waals surface area (Å²) in [4.78, 5) is 43.5. The van der Waals surface area contributed by atoms with Gasteiger partial charge in [0, 0.05) is 30.1 Å². The third-order valence-corrected chi connectivity index (χ3v) is 5.59. The first kappa shape index (κ1) is 23.0.